The number of phenols is 1. The van der Waals surface area contributed by atoms with Gasteiger partial charge < -0.3 is 19.6 Å². The topological polar surface area (TPSA) is 109 Å². The number of imide groups is 1. The van der Waals surface area contributed by atoms with Crippen molar-refractivity contribution in [1.82, 2.24) is 10.2 Å². The number of aromatic hydroxyl groups is 1. The van der Waals surface area contributed by atoms with E-state index in [1.807, 2.05) is 0 Å². The van der Waals surface area contributed by atoms with E-state index in [0.717, 1.165) is 16.7 Å². The van der Waals surface area contributed by atoms with E-state index in [4.69, 9.17) is 9.15 Å². The lowest BCUT2D eigenvalue weighted by Crippen LogP contribution is -2.39. The average molecular weight is 388 g/mol. The third-order valence-corrected chi connectivity index (χ3v) is 4.62. The molecule has 0 saturated carbocycles. The van der Waals surface area contributed by atoms with Crippen LogP contribution in [0.2, 0.25) is 0 Å². The number of phenolic OH excluding ortho intramolecular Hbond substituents is 1. The monoisotopic (exact) mass is 388 g/mol. The summed E-state index contributed by atoms with van der Waals surface area (Å²) < 4.78 is 10.1. The van der Waals surface area contributed by atoms with E-state index < -0.39 is 17.1 Å². The maximum Gasteiger partial charge on any atom is 0.294 e. The minimum absolute atomic E-state index is 0.0808. The van der Waals surface area contributed by atoms with E-state index >= 15 is 0 Å². The lowest BCUT2D eigenvalue weighted by Gasteiger charge is -2.11. The molecular weight excluding hydrogens is 372 g/mol. The molecule has 0 atom stereocenters. The molecule has 0 bridgehead atoms. The van der Waals surface area contributed by atoms with Crippen LogP contribution in [0, 0.1) is 0 Å². The Labute approximate surface area is 158 Å². The number of hydrogen-bond donors (Lipinski definition) is 2. The van der Waals surface area contributed by atoms with E-state index in [1.54, 1.807) is 24.3 Å². The van der Waals surface area contributed by atoms with Crippen molar-refractivity contribution in [3.8, 4) is 11.5 Å². The molecule has 0 spiro atoms. The normalized spacial score (nSPS) is 15.4. The molecule has 0 aliphatic carbocycles. The number of benzene rings is 1. The number of thioether (sulfide) groups is 1. The van der Waals surface area contributed by atoms with Gasteiger partial charge >= 0.3 is 0 Å². The summed E-state index contributed by atoms with van der Waals surface area (Å²) in [5.41, 5.74) is 0.529. The lowest BCUT2D eigenvalue weighted by molar-refractivity contribution is -0.129. The molecule has 1 aliphatic heterocycles. The first kappa shape index (κ1) is 18.6. The second-order valence-corrected chi connectivity index (χ2v) is 6.55. The van der Waals surface area contributed by atoms with Crippen molar-refractivity contribution >= 4 is 34.9 Å². The van der Waals surface area contributed by atoms with Gasteiger partial charge in [0.25, 0.3) is 11.1 Å². The van der Waals surface area contributed by atoms with Crippen LogP contribution in [0.5, 0.6) is 11.5 Å². The summed E-state index contributed by atoms with van der Waals surface area (Å²) in [5.74, 6) is -0.251. The van der Waals surface area contributed by atoms with Crippen LogP contribution in [0.25, 0.3) is 6.08 Å². The van der Waals surface area contributed by atoms with E-state index in [1.165, 1.54) is 25.5 Å². The van der Waals surface area contributed by atoms with Crippen molar-refractivity contribution in [3.63, 3.8) is 0 Å². The highest BCUT2D eigenvalue weighted by atomic mass is 32.2. The van der Waals surface area contributed by atoms with Crippen LogP contribution >= 0.6 is 11.8 Å². The summed E-state index contributed by atoms with van der Waals surface area (Å²) in [6.45, 7) is -0.209. The summed E-state index contributed by atoms with van der Waals surface area (Å²) >= 11 is 0.737. The van der Waals surface area contributed by atoms with Crippen molar-refractivity contribution in [2.24, 2.45) is 0 Å². The lowest BCUT2D eigenvalue weighted by atomic mass is 10.2. The van der Waals surface area contributed by atoms with Crippen LogP contribution in [0.15, 0.2) is 45.9 Å². The highest BCUT2D eigenvalue weighted by Crippen LogP contribution is 2.33. The second kappa shape index (κ2) is 8.00. The van der Waals surface area contributed by atoms with Crippen LogP contribution in [-0.2, 0) is 16.1 Å². The van der Waals surface area contributed by atoms with Crippen LogP contribution in [-0.4, -0.2) is 40.7 Å². The van der Waals surface area contributed by atoms with Crippen molar-refractivity contribution in [2.45, 2.75) is 6.54 Å². The van der Waals surface area contributed by atoms with E-state index in [0.29, 0.717) is 17.1 Å². The second-order valence-electron chi connectivity index (χ2n) is 5.56. The van der Waals surface area contributed by atoms with Crippen LogP contribution in [0.3, 0.4) is 0 Å². The predicted molar refractivity (Wildman–Crippen MR) is 97.9 cm³/mol. The molecule has 1 aliphatic rings. The zero-order chi connectivity index (χ0) is 19.4. The molecule has 0 unspecified atom stereocenters. The Bertz CT molecular complexity index is 907. The fourth-order valence-corrected chi connectivity index (χ4v) is 3.22. The van der Waals surface area contributed by atoms with Gasteiger partial charge in [-0.3, -0.25) is 19.3 Å². The van der Waals surface area contributed by atoms with Gasteiger partial charge in [-0.15, -0.1) is 0 Å². The first-order valence-corrected chi connectivity index (χ1v) is 8.71. The maximum absolute atomic E-state index is 12.4. The highest BCUT2D eigenvalue weighted by Gasteiger charge is 2.36. The smallest absolute Gasteiger partial charge is 0.294 e. The molecule has 3 amide bonds. The number of nitrogens with zero attached hydrogens (tertiary/aromatic N) is 1. The number of hydrogen-bond acceptors (Lipinski definition) is 7. The van der Waals surface area contributed by atoms with Gasteiger partial charge in [0.05, 0.1) is 24.8 Å². The fraction of sp³-hybridized carbons (Fsp3) is 0.167. The number of nitrogens with one attached hydrogen (secondary N) is 1. The Kier molecular flexibility index (Phi) is 5.51. The summed E-state index contributed by atoms with van der Waals surface area (Å²) in [5, 5.41) is 11.9. The Balaban J connectivity index is 1.65. The predicted octanol–water partition coefficient (Wildman–Crippen LogP) is 2.35. The number of ether oxygens (including phenoxy) is 1. The molecule has 140 valence electrons. The van der Waals surface area contributed by atoms with Crippen molar-refractivity contribution in [2.75, 3.05) is 13.7 Å². The molecule has 1 saturated heterocycles. The number of carbonyl (C=O) groups is 3. The largest absolute Gasteiger partial charge is 0.504 e. The van der Waals surface area contributed by atoms with Gasteiger partial charge in [0.2, 0.25) is 5.91 Å². The number of furan rings is 1. The zero-order valence-corrected chi connectivity index (χ0v) is 15.1. The summed E-state index contributed by atoms with van der Waals surface area (Å²) in [6.07, 6.45) is 2.96. The van der Waals surface area contributed by atoms with E-state index in [2.05, 4.69) is 5.32 Å². The summed E-state index contributed by atoms with van der Waals surface area (Å²) in [6, 6.07) is 8.01. The molecule has 8 nitrogen and oxygen atoms in total. The molecule has 1 fully saturated rings. The maximum atomic E-state index is 12.4. The van der Waals surface area contributed by atoms with Crippen LogP contribution < -0.4 is 10.1 Å². The molecule has 9 heteroatoms. The minimum Gasteiger partial charge on any atom is -0.504 e. The number of methoxy groups -OCH3 is 1. The van der Waals surface area contributed by atoms with Crippen molar-refractivity contribution < 1.29 is 28.6 Å². The van der Waals surface area contributed by atoms with Gasteiger partial charge in [-0.05, 0) is 47.7 Å². The Morgan fingerprint density at radius 3 is 2.85 bits per heavy atom. The zero-order valence-electron chi connectivity index (χ0n) is 14.3. The van der Waals surface area contributed by atoms with Gasteiger partial charge in [0.1, 0.15) is 12.3 Å². The molecule has 27 heavy (non-hydrogen) atoms. The van der Waals surface area contributed by atoms with Gasteiger partial charge in [-0.2, -0.15) is 0 Å². The summed E-state index contributed by atoms with van der Waals surface area (Å²) in [4.78, 5) is 37.5. The highest BCUT2D eigenvalue weighted by molar-refractivity contribution is 8.18. The molecule has 3 rings (SSSR count). The van der Waals surface area contributed by atoms with Gasteiger partial charge in [-0.25, -0.2) is 0 Å². The third kappa shape index (κ3) is 4.32. The SMILES string of the molecule is COc1ccc(/C=C2\SC(=O)N(CC(=O)NCc3ccco3)C2=O)cc1O. The van der Waals surface area contributed by atoms with Gasteiger partial charge in [0.15, 0.2) is 11.5 Å². The molecule has 0 radical (unpaired) electrons. The summed E-state index contributed by atoms with van der Waals surface area (Å²) in [7, 11) is 1.43. The van der Waals surface area contributed by atoms with Crippen molar-refractivity contribution in [1.29, 1.82) is 0 Å². The molecule has 2 heterocycles. The van der Waals surface area contributed by atoms with Crippen LogP contribution in [0.4, 0.5) is 4.79 Å². The fourth-order valence-electron chi connectivity index (χ4n) is 2.38. The van der Waals surface area contributed by atoms with Crippen LogP contribution in [0.1, 0.15) is 11.3 Å². The number of carbonyl (C=O) groups excluding carboxylic acids is 3. The van der Waals surface area contributed by atoms with E-state index in [9.17, 15) is 19.5 Å². The third-order valence-electron chi connectivity index (χ3n) is 3.72. The first-order chi connectivity index (χ1) is 13.0. The van der Waals surface area contributed by atoms with E-state index in [-0.39, 0.29) is 23.7 Å². The first-order valence-electron chi connectivity index (χ1n) is 7.89. The average Bonchev–Trinajstić information content (AvgIpc) is 3.24. The quantitative estimate of drug-likeness (QED) is 0.731. The minimum atomic E-state index is -0.562. The molecule has 1 aromatic heterocycles. The molecule has 1 aromatic carbocycles. The molecular formula is C18H16N2O6S. The number of rotatable bonds is 6. The van der Waals surface area contributed by atoms with Gasteiger partial charge in [0, 0.05) is 0 Å². The Hall–Kier alpha value is -3.20. The molecule has 2 aromatic rings. The molecule has 2 N–H and O–H groups in total. The number of amides is 3. The van der Waals surface area contributed by atoms with Crippen molar-refractivity contribution in [3.05, 3.63) is 52.8 Å². The Morgan fingerprint density at radius 1 is 1.37 bits per heavy atom. The standard InChI is InChI=1S/C18H16N2O6S/c1-25-14-5-4-11(7-13(14)21)8-15-17(23)20(18(24)27-15)10-16(22)19-9-12-3-2-6-26-12/h2-8,21H,9-10H2,1H3,(H,19,22)/b15-8-. The Morgan fingerprint density at radius 2 is 2.19 bits per heavy atom. The van der Waals surface area contributed by atoms with Gasteiger partial charge in [-0.1, -0.05) is 6.07 Å².